The predicted molar refractivity (Wildman–Crippen MR) is 109 cm³/mol. The first-order valence-corrected chi connectivity index (χ1v) is 9.52. The zero-order valence-corrected chi connectivity index (χ0v) is 15.9. The van der Waals surface area contributed by atoms with Crippen molar-refractivity contribution in [2.45, 2.75) is 25.7 Å². The third-order valence-electron chi connectivity index (χ3n) is 5.00. The van der Waals surface area contributed by atoms with Gasteiger partial charge in [-0.3, -0.25) is 4.79 Å². The van der Waals surface area contributed by atoms with Gasteiger partial charge in [-0.2, -0.15) is 0 Å². The van der Waals surface area contributed by atoms with E-state index in [0.717, 1.165) is 24.3 Å². The molecule has 0 aromatic heterocycles. The Morgan fingerprint density at radius 2 is 1.77 bits per heavy atom. The maximum absolute atomic E-state index is 12.5. The molecule has 4 heteroatoms. The third kappa shape index (κ3) is 5.09. The quantitative estimate of drug-likeness (QED) is 0.853. The summed E-state index contributed by atoms with van der Waals surface area (Å²) < 4.78 is 0. The Bertz CT molecular complexity index is 718. The molecule has 26 heavy (non-hydrogen) atoms. The summed E-state index contributed by atoms with van der Waals surface area (Å²) in [5, 5.41) is 3.02. The molecule has 1 saturated heterocycles. The van der Waals surface area contributed by atoms with Gasteiger partial charge in [0.25, 0.3) is 5.91 Å². The number of carbonyl (C=O) groups is 1. The fraction of sp³-hybridized carbons (Fsp3) is 0.409. The van der Waals surface area contributed by atoms with Gasteiger partial charge >= 0.3 is 0 Å². The molecule has 0 bridgehead atoms. The second-order valence-electron chi connectivity index (χ2n) is 7.25. The zero-order valence-electron chi connectivity index (χ0n) is 15.9. The van der Waals surface area contributed by atoms with E-state index in [1.165, 1.54) is 37.9 Å². The van der Waals surface area contributed by atoms with Crippen molar-refractivity contribution < 1.29 is 4.79 Å². The minimum absolute atomic E-state index is 0.0662. The first-order valence-electron chi connectivity index (χ1n) is 9.52. The highest BCUT2D eigenvalue weighted by molar-refractivity contribution is 6.04. The molecule has 4 nitrogen and oxygen atoms in total. The lowest BCUT2D eigenvalue weighted by Gasteiger charge is -2.26. The Balaban J connectivity index is 1.57. The van der Waals surface area contributed by atoms with Crippen LogP contribution in [0, 0.1) is 0 Å². The number of nitrogens with one attached hydrogen (secondary N) is 1. The Kier molecular flexibility index (Phi) is 6.29. The van der Waals surface area contributed by atoms with Gasteiger partial charge in [-0.25, -0.2) is 0 Å². The molecule has 0 radical (unpaired) electrons. The molecule has 1 aliphatic rings. The average molecular weight is 351 g/mol. The van der Waals surface area contributed by atoms with E-state index in [4.69, 9.17) is 0 Å². The summed E-state index contributed by atoms with van der Waals surface area (Å²) in [6.07, 6.45) is 5.04. The first kappa shape index (κ1) is 18.5. The fourth-order valence-electron chi connectivity index (χ4n) is 3.39. The number of amides is 1. The molecular weight excluding hydrogens is 322 g/mol. The SMILES string of the molecule is CN(C)c1ccc(C(=O)Nc2cccc(CCN3CCCCC3)c2)cc1. The van der Waals surface area contributed by atoms with Gasteiger partial charge in [0.15, 0.2) is 0 Å². The van der Waals surface area contributed by atoms with Gasteiger partial charge in [0.2, 0.25) is 0 Å². The van der Waals surface area contributed by atoms with E-state index in [0.29, 0.717) is 5.56 Å². The Morgan fingerprint density at radius 1 is 1.04 bits per heavy atom. The molecule has 3 rings (SSSR count). The van der Waals surface area contributed by atoms with Crippen molar-refractivity contribution in [2.75, 3.05) is 43.9 Å². The lowest BCUT2D eigenvalue weighted by atomic mass is 10.1. The van der Waals surface area contributed by atoms with Crippen LogP contribution in [0.25, 0.3) is 0 Å². The summed E-state index contributed by atoms with van der Waals surface area (Å²) in [6, 6.07) is 15.9. The maximum Gasteiger partial charge on any atom is 0.255 e. The van der Waals surface area contributed by atoms with Gasteiger partial charge in [0, 0.05) is 37.6 Å². The van der Waals surface area contributed by atoms with Crippen molar-refractivity contribution in [3.05, 3.63) is 59.7 Å². The molecule has 1 heterocycles. The van der Waals surface area contributed by atoms with Crippen LogP contribution in [0.5, 0.6) is 0 Å². The van der Waals surface area contributed by atoms with Crippen LogP contribution in [0.1, 0.15) is 35.2 Å². The van der Waals surface area contributed by atoms with E-state index < -0.39 is 0 Å². The van der Waals surface area contributed by atoms with Crippen molar-refractivity contribution in [3.8, 4) is 0 Å². The molecule has 2 aromatic carbocycles. The van der Waals surface area contributed by atoms with Gasteiger partial charge < -0.3 is 15.1 Å². The maximum atomic E-state index is 12.5. The molecule has 1 aliphatic heterocycles. The second kappa shape index (κ2) is 8.86. The molecule has 138 valence electrons. The standard InChI is InChI=1S/C22H29N3O/c1-24(2)21-11-9-19(10-12-21)22(26)23-20-8-6-7-18(17-20)13-16-25-14-4-3-5-15-25/h6-12,17H,3-5,13-16H2,1-2H3,(H,23,26). The van der Waals surface area contributed by atoms with Gasteiger partial charge in [-0.1, -0.05) is 18.6 Å². The van der Waals surface area contributed by atoms with Crippen molar-refractivity contribution in [3.63, 3.8) is 0 Å². The lowest BCUT2D eigenvalue weighted by Crippen LogP contribution is -2.31. The number of rotatable bonds is 6. The van der Waals surface area contributed by atoms with E-state index in [9.17, 15) is 4.79 Å². The summed E-state index contributed by atoms with van der Waals surface area (Å²) in [5.41, 5.74) is 3.90. The zero-order chi connectivity index (χ0) is 18.4. The van der Waals surface area contributed by atoms with Crippen LogP contribution in [0.2, 0.25) is 0 Å². The van der Waals surface area contributed by atoms with Gasteiger partial charge in [0.05, 0.1) is 0 Å². The summed E-state index contributed by atoms with van der Waals surface area (Å²) in [6.45, 7) is 3.54. The lowest BCUT2D eigenvalue weighted by molar-refractivity contribution is 0.102. The molecule has 0 aliphatic carbocycles. The summed E-state index contributed by atoms with van der Waals surface area (Å²) in [4.78, 5) is 17.0. The first-order chi connectivity index (χ1) is 12.6. The minimum Gasteiger partial charge on any atom is -0.378 e. The summed E-state index contributed by atoms with van der Waals surface area (Å²) in [7, 11) is 3.98. The van der Waals surface area contributed by atoms with Crippen LogP contribution in [-0.4, -0.2) is 44.5 Å². The van der Waals surface area contributed by atoms with Gasteiger partial charge in [-0.15, -0.1) is 0 Å². The molecule has 0 atom stereocenters. The largest absolute Gasteiger partial charge is 0.378 e. The number of carbonyl (C=O) groups excluding carboxylic acids is 1. The molecule has 1 fully saturated rings. The number of benzene rings is 2. The van der Waals surface area contributed by atoms with Crippen molar-refractivity contribution >= 4 is 17.3 Å². The van der Waals surface area contributed by atoms with Crippen molar-refractivity contribution in [1.82, 2.24) is 4.90 Å². The average Bonchev–Trinajstić information content (AvgIpc) is 2.67. The highest BCUT2D eigenvalue weighted by Crippen LogP contribution is 2.16. The van der Waals surface area contributed by atoms with Crippen molar-refractivity contribution in [1.29, 1.82) is 0 Å². The molecule has 1 N–H and O–H groups in total. The van der Waals surface area contributed by atoms with E-state index in [1.54, 1.807) is 0 Å². The topological polar surface area (TPSA) is 35.6 Å². The van der Waals surface area contributed by atoms with Gasteiger partial charge in [-0.05, 0) is 74.3 Å². The van der Waals surface area contributed by atoms with Crippen LogP contribution < -0.4 is 10.2 Å². The van der Waals surface area contributed by atoms with Crippen LogP contribution in [0.15, 0.2) is 48.5 Å². The fourth-order valence-corrected chi connectivity index (χ4v) is 3.39. The van der Waals surface area contributed by atoms with Crippen molar-refractivity contribution in [2.24, 2.45) is 0 Å². The molecule has 0 saturated carbocycles. The van der Waals surface area contributed by atoms with Gasteiger partial charge in [0.1, 0.15) is 0 Å². The third-order valence-corrected chi connectivity index (χ3v) is 5.00. The number of hydrogen-bond acceptors (Lipinski definition) is 3. The number of hydrogen-bond donors (Lipinski definition) is 1. The predicted octanol–water partition coefficient (Wildman–Crippen LogP) is 4.03. The van der Waals surface area contributed by atoms with E-state index in [-0.39, 0.29) is 5.91 Å². The van der Waals surface area contributed by atoms with E-state index in [2.05, 4.69) is 22.3 Å². The normalized spacial score (nSPS) is 14.8. The minimum atomic E-state index is -0.0662. The molecule has 0 unspecified atom stereocenters. The number of nitrogens with zero attached hydrogens (tertiary/aromatic N) is 2. The Labute approximate surface area is 156 Å². The Morgan fingerprint density at radius 3 is 2.46 bits per heavy atom. The molecule has 0 spiro atoms. The van der Waals surface area contributed by atoms with E-state index in [1.807, 2.05) is 55.4 Å². The molecular formula is C22H29N3O. The monoisotopic (exact) mass is 351 g/mol. The van der Waals surface area contributed by atoms with Crippen LogP contribution >= 0.6 is 0 Å². The van der Waals surface area contributed by atoms with E-state index >= 15 is 0 Å². The van der Waals surface area contributed by atoms with Crippen LogP contribution in [0.3, 0.4) is 0 Å². The van der Waals surface area contributed by atoms with Crippen LogP contribution in [0.4, 0.5) is 11.4 Å². The smallest absolute Gasteiger partial charge is 0.255 e. The highest BCUT2D eigenvalue weighted by Gasteiger charge is 2.10. The molecule has 2 aromatic rings. The number of piperidine rings is 1. The Hall–Kier alpha value is -2.33. The molecule has 1 amide bonds. The highest BCUT2D eigenvalue weighted by atomic mass is 16.1. The van der Waals surface area contributed by atoms with Crippen LogP contribution in [-0.2, 0) is 6.42 Å². The summed E-state index contributed by atoms with van der Waals surface area (Å²) >= 11 is 0. The second-order valence-corrected chi connectivity index (χ2v) is 7.25. The number of likely N-dealkylation sites (tertiary alicyclic amines) is 1. The number of anilines is 2. The summed E-state index contributed by atoms with van der Waals surface area (Å²) in [5.74, 6) is -0.0662.